The van der Waals surface area contributed by atoms with E-state index < -0.39 is 0 Å². The molecule has 1 aromatic heterocycles. The lowest BCUT2D eigenvalue weighted by Gasteiger charge is -2.15. The predicted molar refractivity (Wildman–Crippen MR) is 112 cm³/mol. The SMILES string of the molecule is CCCNC(=O)c1ncc2c(Br)cccc2c1NCc1ccc(OC)cc1. The van der Waals surface area contributed by atoms with Crippen molar-refractivity contribution < 1.29 is 9.53 Å². The lowest BCUT2D eigenvalue weighted by atomic mass is 10.1. The van der Waals surface area contributed by atoms with E-state index in [-0.39, 0.29) is 5.91 Å². The Balaban J connectivity index is 1.96. The molecule has 2 N–H and O–H groups in total. The van der Waals surface area contributed by atoms with E-state index >= 15 is 0 Å². The number of pyridine rings is 1. The van der Waals surface area contributed by atoms with Gasteiger partial charge in [0.25, 0.3) is 5.91 Å². The summed E-state index contributed by atoms with van der Waals surface area (Å²) in [5, 5.41) is 8.23. The molecule has 0 fully saturated rings. The number of amides is 1. The molecular formula is C21H22BrN3O2. The predicted octanol–water partition coefficient (Wildman–Crippen LogP) is 4.76. The summed E-state index contributed by atoms with van der Waals surface area (Å²) < 4.78 is 6.15. The van der Waals surface area contributed by atoms with E-state index in [4.69, 9.17) is 4.74 Å². The summed E-state index contributed by atoms with van der Waals surface area (Å²) in [5.41, 5.74) is 2.23. The van der Waals surface area contributed by atoms with Crippen LogP contribution in [0.1, 0.15) is 29.4 Å². The van der Waals surface area contributed by atoms with Gasteiger partial charge in [-0.2, -0.15) is 0 Å². The van der Waals surface area contributed by atoms with E-state index in [9.17, 15) is 4.79 Å². The van der Waals surface area contributed by atoms with Crippen LogP contribution in [0, 0.1) is 0 Å². The van der Waals surface area contributed by atoms with Crippen LogP contribution in [-0.2, 0) is 6.54 Å². The standard InChI is InChI=1S/C21H22BrN3O2/c1-3-11-23-21(26)20-19(16-5-4-6-18(22)17(16)13-25-20)24-12-14-7-9-15(27-2)10-8-14/h4-10,13,24H,3,11-12H2,1-2H3,(H,23,26). The van der Waals surface area contributed by atoms with Crippen molar-refractivity contribution in [3.63, 3.8) is 0 Å². The summed E-state index contributed by atoms with van der Waals surface area (Å²) in [6.07, 6.45) is 2.61. The normalized spacial score (nSPS) is 10.6. The second-order valence-corrected chi connectivity index (χ2v) is 6.99. The molecule has 2 aromatic carbocycles. The number of carbonyl (C=O) groups excluding carboxylic acids is 1. The molecule has 0 saturated carbocycles. The van der Waals surface area contributed by atoms with Crippen molar-refractivity contribution in [1.82, 2.24) is 10.3 Å². The summed E-state index contributed by atoms with van der Waals surface area (Å²) in [7, 11) is 1.65. The number of benzene rings is 2. The molecule has 0 aliphatic rings. The zero-order valence-electron chi connectivity index (χ0n) is 15.4. The lowest BCUT2D eigenvalue weighted by molar-refractivity contribution is 0.0949. The highest BCUT2D eigenvalue weighted by Crippen LogP contribution is 2.31. The number of fused-ring (bicyclic) bond motifs is 1. The van der Waals surface area contributed by atoms with Gasteiger partial charge in [0.15, 0.2) is 5.69 Å². The number of anilines is 1. The van der Waals surface area contributed by atoms with Gasteiger partial charge >= 0.3 is 0 Å². The van der Waals surface area contributed by atoms with Crippen molar-refractivity contribution in [2.24, 2.45) is 0 Å². The highest BCUT2D eigenvalue weighted by atomic mass is 79.9. The highest BCUT2D eigenvalue weighted by Gasteiger charge is 2.17. The maximum atomic E-state index is 12.6. The van der Waals surface area contributed by atoms with Crippen LogP contribution in [0.2, 0.25) is 0 Å². The van der Waals surface area contributed by atoms with Gasteiger partial charge in [0.1, 0.15) is 5.75 Å². The van der Waals surface area contributed by atoms with Gasteiger partial charge in [0.2, 0.25) is 0 Å². The summed E-state index contributed by atoms with van der Waals surface area (Å²) in [6.45, 7) is 3.22. The number of nitrogens with one attached hydrogen (secondary N) is 2. The molecule has 0 saturated heterocycles. The van der Waals surface area contributed by atoms with Crippen LogP contribution in [-0.4, -0.2) is 24.5 Å². The van der Waals surface area contributed by atoms with E-state index in [1.54, 1.807) is 13.3 Å². The molecule has 3 aromatic rings. The number of halogens is 1. The van der Waals surface area contributed by atoms with Crippen molar-refractivity contribution in [3.8, 4) is 5.75 Å². The second kappa shape index (κ2) is 8.86. The third kappa shape index (κ3) is 4.39. The minimum Gasteiger partial charge on any atom is -0.497 e. The first kappa shape index (κ1) is 19.2. The topological polar surface area (TPSA) is 63.2 Å². The van der Waals surface area contributed by atoms with Crippen LogP contribution in [0.5, 0.6) is 5.75 Å². The fraction of sp³-hybridized carbons (Fsp3) is 0.238. The molecule has 0 unspecified atom stereocenters. The maximum absolute atomic E-state index is 12.6. The van der Waals surface area contributed by atoms with E-state index in [1.165, 1.54) is 0 Å². The molecule has 5 nitrogen and oxygen atoms in total. The van der Waals surface area contributed by atoms with Crippen LogP contribution < -0.4 is 15.4 Å². The molecule has 140 valence electrons. The Hall–Kier alpha value is -2.60. The number of hydrogen-bond acceptors (Lipinski definition) is 4. The number of methoxy groups -OCH3 is 1. The van der Waals surface area contributed by atoms with Crippen LogP contribution in [0.25, 0.3) is 10.8 Å². The smallest absolute Gasteiger partial charge is 0.272 e. The van der Waals surface area contributed by atoms with Crippen molar-refractivity contribution in [3.05, 3.63) is 64.4 Å². The first-order valence-electron chi connectivity index (χ1n) is 8.86. The zero-order chi connectivity index (χ0) is 19.2. The first-order valence-corrected chi connectivity index (χ1v) is 9.65. The summed E-state index contributed by atoms with van der Waals surface area (Å²) in [4.78, 5) is 17.0. The number of hydrogen-bond donors (Lipinski definition) is 2. The molecule has 0 aliphatic carbocycles. The molecule has 1 heterocycles. The number of ether oxygens (including phenoxy) is 1. The molecule has 1 amide bonds. The summed E-state index contributed by atoms with van der Waals surface area (Å²) >= 11 is 3.56. The van der Waals surface area contributed by atoms with Gasteiger partial charge in [-0.3, -0.25) is 4.79 Å². The molecule has 27 heavy (non-hydrogen) atoms. The number of rotatable bonds is 7. The van der Waals surface area contributed by atoms with Crippen LogP contribution in [0.15, 0.2) is 53.1 Å². The van der Waals surface area contributed by atoms with Gasteiger partial charge in [0, 0.05) is 34.5 Å². The molecule has 3 rings (SSSR count). The average molecular weight is 428 g/mol. The van der Waals surface area contributed by atoms with E-state index in [0.717, 1.165) is 38.7 Å². The maximum Gasteiger partial charge on any atom is 0.272 e. The Morgan fingerprint density at radius 3 is 2.63 bits per heavy atom. The van der Waals surface area contributed by atoms with Crippen LogP contribution in [0.4, 0.5) is 5.69 Å². The number of nitrogens with zero attached hydrogens (tertiary/aromatic N) is 1. The molecule has 0 spiro atoms. The molecule has 0 radical (unpaired) electrons. The molecular weight excluding hydrogens is 406 g/mol. The summed E-state index contributed by atoms with van der Waals surface area (Å²) in [6, 6.07) is 13.8. The van der Waals surface area contributed by atoms with Gasteiger partial charge < -0.3 is 15.4 Å². The van der Waals surface area contributed by atoms with Crippen molar-refractivity contribution in [2.45, 2.75) is 19.9 Å². The third-order valence-corrected chi connectivity index (χ3v) is 4.95. The Bertz CT molecular complexity index is 942. The lowest BCUT2D eigenvalue weighted by Crippen LogP contribution is -2.26. The van der Waals surface area contributed by atoms with Gasteiger partial charge in [-0.1, -0.05) is 47.1 Å². The Labute approximate surface area is 167 Å². The van der Waals surface area contributed by atoms with Crippen molar-refractivity contribution in [1.29, 1.82) is 0 Å². The van der Waals surface area contributed by atoms with Gasteiger partial charge in [-0.05, 0) is 30.2 Å². The molecule has 0 bridgehead atoms. The van der Waals surface area contributed by atoms with Crippen molar-refractivity contribution in [2.75, 3.05) is 19.0 Å². The van der Waals surface area contributed by atoms with Crippen molar-refractivity contribution >= 4 is 38.3 Å². The Kier molecular flexibility index (Phi) is 6.29. The van der Waals surface area contributed by atoms with Crippen LogP contribution >= 0.6 is 15.9 Å². The van der Waals surface area contributed by atoms with E-state index in [0.29, 0.717) is 18.8 Å². The van der Waals surface area contributed by atoms with Gasteiger partial charge in [0.05, 0.1) is 12.8 Å². The molecule has 6 heteroatoms. The fourth-order valence-corrected chi connectivity index (χ4v) is 3.28. The summed E-state index contributed by atoms with van der Waals surface area (Å²) in [5.74, 6) is 0.644. The van der Waals surface area contributed by atoms with E-state index in [1.807, 2.05) is 49.4 Å². The zero-order valence-corrected chi connectivity index (χ0v) is 17.0. The third-order valence-electron chi connectivity index (χ3n) is 4.26. The monoisotopic (exact) mass is 427 g/mol. The quantitative estimate of drug-likeness (QED) is 0.570. The minimum absolute atomic E-state index is 0.170. The number of carbonyl (C=O) groups is 1. The first-order chi connectivity index (χ1) is 13.1. The van der Waals surface area contributed by atoms with Gasteiger partial charge in [-0.15, -0.1) is 0 Å². The van der Waals surface area contributed by atoms with E-state index in [2.05, 4.69) is 31.5 Å². The largest absolute Gasteiger partial charge is 0.497 e. The Morgan fingerprint density at radius 1 is 1.15 bits per heavy atom. The average Bonchev–Trinajstić information content (AvgIpc) is 2.70. The molecule has 0 aliphatic heterocycles. The fourth-order valence-electron chi connectivity index (χ4n) is 2.81. The Morgan fingerprint density at radius 2 is 1.93 bits per heavy atom. The van der Waals surface area contributed by atoms with Crippen LogP contribution in [0.3, 0.4) is 0 Å². The number of aromatic nitrogens is 1. The highest BCUT2D eigenvalue weighted by molar-refractivity contribution is 9.10. The molecule has 0 atom stereocenters. The minimum atomic E-state index is -0.170. The second-order valence-electron chi connectivity index (χ2n) is 6.14. The van der Waals surface area contributed by atoms with Gasteiger partial charge in [-0.25, -0.2) is 4.98 Å².